The number of aromatic nitrogens is 1. The van der Waals surface area contributed by atoms with E-state index in [-0.39, 0.29) is 11.6 Å². The van der Waals surface area contributed by atoms with Crippen LogP contribution in [0.4, 0.5) is 8.78 Å². The van der Waals surface area contributed by atoms with Gasteiger partial charge in [-0.1, -0.05) is 19.9 Å². The largest absolute Gasteiger partial charge is 0.436 e. The van der Waals surface area contributed by atoms with E-state index in [9.17, 15) is 8.78 Å². The van der Waals surface area contributed by atoms with Gasteiger partial charge < -0.3 is 4.74 Å². The molecule has 2 rings (SSSR count). The lowest BCUT2D eigenvalue weighted by Gasteiger charge is -2.04. The zero-order chi connectivity index (χ0) is 12.7. The summed E-state index contributed by atoms with van der Waals surface area (Å²) in [6.07, 6.45) is 1.52. The highest BCUT2D eigenvalue weighted by molar-refractivity contribution is 5.28. The molecule has 1 aromatic heterocycles. The van der Waals surface area contributed by atoms with E-state index in [1.165, 1.54) is 12.3 Å². The lowest BCUT2D eigenvalue weighted by atomic mass is 10.3. The molecule has 0 bridgehead atoms. The molecule has 0 radical (unpaired) electrons. The van der Waals surface area contributed by atoms with Crippen LogP contribution in [0.3, 0.4) is 0 Å². The Labute approximate surface area is 98.9 Å². The van der Waals surface area contributed by atoms with Crippen LogP contribution in [0.1, 0.15) is 13.8 Å². The SMILES string of the molecule is CC.Fc1ccc(Oc2ccccn2)c(F)c1. The predicted molar refractivity (Wildman–Crippen MR) is 62.0 cm³/mol. The quantitative estimate of drug-likeness (QED) is 0.781. The first-order valence-corrected chi connectivity index (χ1v) is 5.29. The average Bonchev–Trinajstić information content (AvgIpc) is 2.37. The zero-order valence-corrected chi connectivity index (χ0v) is 9.65. The van der Waals surface area contributed by atoms with Gasteiger partial charge in [0.05, 0.1) is 0 Å². The van der Waals surface area contributed by atoms with Crippen molar-refractivity contribution in [3.05, 3.63) is 54.2 Å². The predicted octanol–water partition coefficient (Wildman–Crippen LogP) is 4.18. The van der Waals surface area contributed by atoms with E-state index in [0.717, 1.165) is 12.1 Å². The summed E-state index contributed by atoms with van der Waals surface area (Å²) in [6, 6.07) is 8.12. The average molecular weight is 237 g/mol. The second kappa shape index (κ2) is 6.58. The van der Waals surface area contributed by atoms with Gasteiger partial charge in [-0.3, -0.25) is 0 Å². The molecular formula is C13H13F2NO. The first-order valence-electron chi connectivity index (χ1n) is 5.29. The molecule has 0 spiro atoms. The second-order valence-corrected chi connectivity index (χ2v) is 2.84. The van der Waals surface area contributed by atoms with Crippen molar-refractivity contribution in [2.45, 2.75) is 13.8 Å². The molecule has 0 amide bonds. The molecule has 17 heavy (non-hydrogen) atoms. The van der Waals surface area contributed by atoms with Gasteiger partial charge in [-0.2, -0.15) is 0 Å². The van der Waals surface area contributed by atoms with Crippen molar-refractivity contribution in [3.8, 4) is 11.6 Å². The first kappa shape index (κ1) is 13.1. The topological polar surface area (TPSA) is 22.1 Å². The van der Waals surface area contributed by atoms with E-state index in [1.807, 2.05) is 13.8 Å². The molecule has 0 fully saturated rings. The minimum atomic E-state index is -0.749. The molecule has 0 aliphatic rings. The Morgan fingerprint density at radius 3 is 2.41 bits per heavy atom. The van der Waals surface area contributed by atoms with Crippen LogP contribution in [0, 0.1) is 11.6 Å². The number of nitrogens with zero attached hydrogens (tertiary/aromatic N) is 1. The minimum Gasteiger partial charge on any atom is -0.436 e. The van der Waals surface area contributed by atoms with Gasteiger partial charge in [-0.15, -0.1) is 0 Å². The number of benzene rings is 1. The summed E-state index contributed by atoms with van der Waals surface area (Å²) in [5.41, 5.74) is 0. The Balaban J connectivity index is 0.000000686. The fourth-order valence-corrected chi connectivity index (χ4v) is 1.08. The molecule has 0 aliphatic heterocycles. The van der Waals surface area contributed by atoms with Crippen LogP contribution >= 0.6 is 0 Å². The molecule has 0 unspecified atom stereocenters. The van der Waals surface area contributed by atoms with E-state index in [0.29, 0.717) is 0 Å². The monoisotopic (exact) mass is 237 g/mol. The number of rotatable bonds is 2. The summed E-state index contributed by atoms with van der Waals surface area (Å²) in [4.78, 5) is 3.85. The zero-order valence-electron chi connectivity index (χ0n) is 9.65. The van der Waals surface area contributed by atoms with Crippen molar-refractivity contribution >= 4 is 0 Å². The number of hydrogen-bond acceptors (Lipinski definition) is 2. The Kier molecular flexibility index (Phi) is 5.07. The number of ether oxygens (including phenoxy) is 1. The van der Waals surface area contributed by atoms with Gasteiger partial charge in [0.1, 0.15) is 5.82 Å². The van der Waals surface area contributed by atoms with Gasteiger partial charge in [0.25, 0.3) is 0 Å². The highest BCUT2D eigenvalue weighted by Gasteiger charge is 2.05. The van der Waals surface area contributed by atoms with Gasteiger partial charge in [-0.05, 0) is 18.2 Å². The van der Waals surface area contributed by atoms with Crippen molar-refractivity contribution in [1.82, 2.24) is 4.98 Å². The van der Waals surface area contributed by atoms with Crippen molar-refractivity contribution in [3.63, 3.8) is 0 Å². The van der Waals surface area contributed by atoms with Crippen molar-refractivity contribution in [2.24, 2.45) is 0 Å². The number of hydrogen-bond donors (Lipinski definition) is 0. The third kappa shape index (κ3) is 3.83. The summed E-state index contributed by atoms with van der Waals surface area (Å²) < 4.78 is 30.8. The van der Waals surface area contributed by atoms with Gasteiger partial charge in [0, 0.05) is 18.3 Å². The Morgan fingerprint density at radius 2 is 1.82 bits per heavy atom. The Morgan fingerprint density at radius 1 is 1.06 bits per heavy atom. The molecule has 1 aromatic carbocycles. The molecule has 0 atom stereocenters. The summed E-state index contributed by atoms with van der Waals surface area (Å²) in [5.74, 6) is -1.17. The highest BCUT2D eigenvalue weighted by atomic mass is 19.1. The van der Waals surface area contributed by atoms with Crippen LogP contribution in [-0.4, -0.2) is 4.98 Å². The maximum atomic E-state index is 13.1. The normalized spacial score (nSPS) is 9.18. The summed E-state index contributed by atoms with van der Waals surface area (Å²) in [6.45, 7) is 4.00. The molecule has 1 heterocycles. The third-order valence-electron chi connectivity index (χ3n) is 1.75. The molecule has 90 valence electrons. The van der Waals surface area contributed by atoms with E-state index in [2.05, 4.69) is 4.98 Å². The lowest BCUT2D eigenvalue weighted by Crippen LogP contribution is -1.90. The van der Waals surface area contributed by atoms with E-state index < -0.39 is 11.6 Å². The molecule has 0 saturated heterocycles. The minimum absolute atomic E-state index is 0.0462. The molecule has 4 heteroatoms. The molecule has 0 saturated carbocycles. The van der Waals surface area contributed by atoms with Crippen molar-refractivity contribution in [2.75, 3.05) is 0 Å². The smallest absolute Gasteiger partial charge is 0.219 e. The van der Waals surface area contributed by atoms with Gasteiger partial charge >= 0.3 is 0 Å². The first-order chi connectivity index (χ1) is 8.25. The molecule has 0 N–H and O–H groups in total. The maximum Gasteiger partial charge on any atom is 0.219 e. The second-order valence-electron chi connectivity index (χ2n) is 2.84. The molecule has 0 aliphatic carbocycles. The molecule has 2 nitrogen and oxygen atoms in total. The molecule has 2 aromatic rings. The van der Waals surface area contributed by atoms with Crippen LogP contribution in [0.5, 0.6) is 11.6 Å². The fraction of sp³-hybridized carbons (Fsp3) is 0.154. The van der Waals surface area contributed by atoms with Crippen LogP contribution in [-0.2, 0) is 0 Å². The van der Waals surface area contributed by atoms with Gasteiger partial charge in [0.2, 0.25) is 5.88 Å². The van der Waals surface area contributed by atoms with Crippen LogP contribution in [0.2, 0.25) is 0 Å². The van der Waals surface area contributed by atoms with Crippen molar-refractivity contribution < 1.29 is 13.5 Å². The van der Waals surface area contributed by atoms with E-state index in [1.54, 1.807) is 18.2 Å². The van der Waals surface area contributed by atoms with Crippen LogP contribution in [0.15, 0.2) is 42.6 Å². The third-order valence-corrected chi connectivity index (χ3v) is 1.75. The molecular weight excluding hydrogens is 224 g/mol. The van der Waals surface area contributed by atoms with E-state index >= 15 is 0 Å². The standard InChI is InChI=1S/C11H7F2NO.C2H6/c12-8-4-5-10(9(13)7-8)15-11-3-1-2-6-14-11;1-2/h1-7H;1-2H3. The number of pyridine rings is 1. The van der Waals surface area contributed by atoms with Crippen LogP contribution < -0.4 is 4.74 Å². The number of halogens is 2. The van der Waals surface area contributed by atoms with E-state index in [4.69, 9.17) is 4.74 Å². The van der Waals surface area contributed by atoms with Gasteiger partial charge in [-0.25, -0.2) is 13.8 Å². The fourth-order valence-electron chi connectivity index (χ4n) is 1.08. The highest BCUT2D eigenvalue weighted by Crippen LogP contribution is 2.22. The van der Waals surface area contributed by atoms with Crippen molar-refractivity contribution in [1.29, 1.82) is 0 Å². The summed E-state index contributed by atoms with van der Waals surface area (Å²) >= 11 is 0. The summed E-state index contributed by atoms with van der Waals surface area (Å²) in [7, 11) is 0. The summed E-state index contributed by atoms with van der Waals surface area (Å²) in [5, 5.41) is 0. The van der Waals surface area contributed by atoms with Crippen LogP contribution in [0.25, 0.3) is 0 Å². The van der Waals surface area contributed by atoms with Gasteiger partial charge in [0.15, 0.2) is 11.6 Å². The maximum absolute atomic E-state index is 13.1. The Hall–Kier alpha value is -1.97. The lowest BCUT2D eigenvalue weighted by molar-refractivity contribution is 0.424. The Bertz CT molecular complexity index is 460.